The fraction of sp³-hybridized carbons (Fsp3) is 0.333. The van der Waals surface area contributed by atoms with Crippen LogP contribution in [0.25, 0.3) is 0 Å². The Morgan fingerprint density at radius 1 is 1.14 bits per heavy atom. The number of halogens is 1. The van der Waals surface area contributed by atoms with Gasteiger partial charge in [-0.05, 0) is 29.8 Å². The Morgan fingerprint density at radius 3 is 2.61 bits per heavy atom. The standard InChI is InChI=1S/C21H21BrN2O4/c1-23(12-14-2-4-16(22)5-3-14)21(26)15-10-20(25)24(13-15)17-6-7-18-19(11-17)28-9-8-27-18/h2-7,11,15H,8-10,12-13H2,1H3. The first-order chi connectivity index (χ1) is 13.5. The second-order valence-corrected chi connectivity index (χ2v) is 7.97. The predicted molar refractivity (Wildman–Crippen MR) is 109 cm³/mol. The smallest absolute Gasteiger partial charge is 0.228 e. The average molecular weight is 445 g/mol. The van der Waals surface area contributed by atoms with Gasteiger partial charge in [-0.1, -0.05) is 28.1 Å². The van der Waals surface area contributed by atoms with Crippen molar-refractivity contribution in [2.45, 2.75) is 13.0 Å². The number of rotatable bonds is 4. The summed E-state index contributed by atoms with van der Waals surface area (Å²) in [6.45, 7) is 1.91. The first kappa shape index (κ1) is 18.8. The van der Waals surface area contributed by atoms with Gasteiger partial charge in [-0.25, -0.2) is 0 Å². The molecule has 0 bridgehead atoms. The van der Waals surface area contributed by atoms with Crippen molar-refractivity contribution in [3.05, 3.63) is 52.5 Å². The first-order valence-electron chi connectivity index (χ1n) is 9.20. The van der Waals surface area contributed by atoms with E-state index in [1.165, 1.54) is 0 Å². The second-order valence-electron chi connectivity index (χ2n) is 7.05. The van der Waals surface area contributed by atoms with Crippen LogP contribution in [0.15, 0.2) is 46.9 Å². The summed E-state index contributed by atoms with van der Waals surface area (Å²) in [5, 5.41) is 0. The third-order valence-electron chi connectivity index (χ3n) is 5.02. The van der Waals surface area contributed by atoms with E-state index in [1.807, 2.05) is 42.5 Å². The van der Waals surface area contributed by atoms with Crippen molar-refractivity contribution in [3.63, 3.8) is 0 Å². The molecule has 1 saturated heterocycles. The molecule has 2 heterocycles. The van der Waals surface area contributed by atoms with Crippen molar-refractivity contribution >= 4 is 33.4 Å². The van der Waals surface area contributed by atoms with Gasteiger partial charge in [-0.15, -0.1) is 0 Å². The fourth-order valence-corrected chi connectivity index (χ4v) is 3.84. The molecule has 0 radical (unpaired) electrons. The minimum Gasteiger partial charge on any atom is -0.486 e. The van der Waals surface area contributed by atoms with Crippen molar-refractivity contribution in [3.8, 4) is 11.5 Å². The minimum absolute atomic E-state index is 0.0173. The Hall–Kier alpha value is -2.54. The molecule has 28 heavy (non-hydrogen) atoms. The zero-order chi connectivity index (χ0) is 19.7. The van der Waals surface area contributed by atoms with Gasteiger partial charge in [-0.2, -0.15) is 0 Å². The zero-order valence-corrected chi connectivity index (χ0v) is 17.1. The van der Waals surface area contributed by atoms with Crippen LogP contribution in [0.5, 0.6) is 11.5 Å². The SMILES string of the molecule is CN(Cc1ccc(Br)cc1)C(=O)C1CC(=O)N(c2ccc3c(c2)OCCO3)C1. The lowest BCUT2D eigenvalue weighted by molar-refractivity contribution is -0.135. The molecule has 0 aromatic heterocycles. The van der Waals surface area contributed by atoms with Gasteiger partial charge in [0.25, 0.3) is 0 Å². The molecule has 1 unspecified atom stereocenters. The monoisotopic (exact) mass is 444 g/mol. The average Bonchev–Trinajstić information content (AvgIpc) is 3.10. The maximum absolute atomic E-state index is 12.9. The van der Waals surface area contributed by atoms with Crippen LogP contribution < -0.4 is 14.4 Å². The van der Waals surface area contributed by atoms with Crippen molar-refractivity contribution in [2.75, 3.05) is 31.7 Å². The van der Waals surface area contributed by atoms with Gasteiger partial charge < -0.3 is 19.3 Å². The summed E-state index contributed by atoms with van der Waals surface area (Å²) in [6.07, 6.45) is 0.220. The molecule has 1 atom stereocenters. The van der Waals surface area contributed by atoms with Crippen molar-refractivity contribution < 1.29 is 19.1 Å². The largest absolute Gasteiger partial charge is 0.486 e. The molecular weight excluding hydrogens is 424 g/mol. The number of hydrogen-bond acceptors (Lipinski definition) is 4. The second kappa shape index (κ2) is 7.83. The van der Waals surface area contributed by atoms with Gasteiger partial charge in [-0.3, -0.25) is 9.59 Å². The van der Waals surface area contributed by atoms with E-state index in [-0.39, 0.29) is 24.2 Å². The van der Waals surface area contributed by atoms with E-state index >= 15 is 0 Å². The third-order valence-corrected chi connectivity index (χ3v) is 5.55. The van der Waals surface area contributed by atoms with Crippen LogP contribution in [0.1, 0.15) is 12.0 Å². The number of carbonyl (C=O) groups excluding carboxylic acids is 2. The number of fused-ring (bicyclic) bond motifs is 1. The first-order valence-corrected chi connectivity index (χ1v) is 10.00. The molecule has 0 N–H and O–H groups in total. The summed E-state index contributed by atoms with van der Waals surface area (Å²) in [5.74, 6) is 0.909. The van der Waals surface area contributed by atoms with Gasteiger partial charge in [0, 0.05) is 42.8 Å². The number of amides is 2. The van der Waals surface area contributed by atoms with Crippen LogP contribution in [0.2, 0.25) is 0 Å². The Kier molecular flexibility index (Phi) is 5.26. The van der Waals surface area contributed by atoms with Crippen LogP contribution in [-0.4, -0.2) is 43.5 Å². The summed E-state index contributed by atoms with van der Waals surface area (Å²) in [4.78, 5) is 28.8. The van der Waals surface area contributed by atoms with Gasteiger partial charge in [0.2, 0.25) is 11.8 Å². The van der Waals surface area contributed by atoms with Crippen LogP contribution in [0.4, 0.5) is 5.69 Å². The Bertz CT molecular complexity index is 900. The molecule has 1 fully saturated rings. The van der Waals surface area contributed by atoms with Gasteiger partial charge in [0.1, 0.15) is 13.2 Å². The molecule has 2 aliphatic rings. The van der Waals surface area contributed by atoms with E-state index in [0.29, 0.717) is 37.8 Å². The number of ether oxygens (including phenoxy) is 2. The predicted octanol–water partition coefficient (Wildman–Crippen LogP) is 3.23. The van der Waals surface area contributed by atoms with E-state index < -0.39 is 0 Å². The molecule has 6 nitrogen and oxygen atoms in total. The lowest BCUT2D eigenvalue weighted by atomic mass is 10.1. The van der Waals surface area contributed by atoms with Crippen molar-refractivity contribution in [2.24, 2.45) is 5.92 Å². The molecule has 2 aromatic rings. The van der Waals surface area contributed by atoms with E-state index in [2.05, 4.69) is 15.9 Å². The normalized spacial score (nSPS) is 18.3. The minimum atomic E-state index is -0.346. The number of carbonyl (C=O) groups is 2. The summed E-state index contributed by atoms with van der Waals surface area (Å²) in [6, 6.07) is 13.3. The molecule has 2 aromatic carbocycles. The highest BCUT2D eigenvalue weighted by atomic mass is 79.9. The maximum Gasteiger partial charge on any atom is 0.228 e. The van der Waals surface area contributed by atoms with E-state index in [1.54, 1.807) is 16.8 Å². The highest BCUT2D eigenvalue weighted by Gasteiger charge is 2.36. The third kappa shape index (κ3) is 3.85. The molecular formula is C21H21BrN2O4. The van der Waals surface area contributed by atoms with Crippen LogP contribution in [-0.2, 0) is 16.1 Å². The molecule has 2 amide bonds. The number of benzene rings is 2. The Balaban J connectivity index is 1.43. The molecule has 0 spiro atoms. The van der Waals surface area contributed by atoms with Crippen molar-refractivity contribution in [1.82, 2.24) is 4.90 Å². The Morgan fingerprint density at radius 2 is 1.86 bits per heavy atom. The molecule has 2 aliphatic heterocycles. The van der Waals surface area contributed by atoms with Gasteiger partial charge >= 0.3 is 0 Å². The summed E-state index contributed by atoms with van der Waals surface area (Å²) < 4.78 is 12.1. The van der Waals surface area contributed by atoms with Gasteiger partial charge in [0.15, 0.2) is 11.5 Å². The summed E-state index contributed by atoms with van der Waals surface area (Å²) in [7, 11) is 1.78. The molecule has 0 saturated carbocycles. The molecule has 4 rings (SSSR count). The van der Waals surface area contributed by atoms with E-state index in [4.69, 9.17) is 9.47 Å². The molecule has 7 heteroatoms. The quantitative estimate of drug-likeness (QED) is 0.726. The maximum atomic E-state index is 12.9. The molecule has 0 aliphatic carbocycles. The van der Waals surface area contributed by atoms with E-state index in [0.717, 1.165) is 15.7 Å². The number of anilines is 1. The number of hydrogen-bond donors (Lipinski definition) is 0. The zero-order valence-electron chi connectivity index (χ0n) is 15.6. The molecule has 146 valence electrons. The highest BCUT2D eigenvalue weighted by molar-refractivity contribution is 9.10. The summed E-state index contributed by atoms with van der Waals surface area (Å²) >= 11 is 3.41. The number of nitrogens with zero attached hydrogens (tertiary/aromatic N) is 2. The van der Waals surface area contributed by atoms with Crippen LogP contribution >= 0.6 is 15.9 Å². The summed E-state index contributed by atoms with van der Waals surface area (Å²) in [5.41, 5.74) is 1.78. The lowest BCUT2D eigenvalue weighted by Crippen LogP contribution is -2.34. The van der Waals surface area contributed by atoms with Crippen molar-refractivity contribution in [1.29, 1.82) is 0 Å². The van der Waals surface area contributed by atoms with Crippen LogP contribution in [0, 0.1) is 5.92 Å². The lowest BCUT2D eigenvalue weighted by Gasteiger charge is -2.23. The highest BCUT2D eigenvalue weighted by Crippen LogP contribution is 2.36. The topological polar surface area (TPSA) is 59.1 Å². The Labute approximate surface area is 172 Å². The fourth-order valence-electron chi connectivity index (χ4n) is 3.58. The van der Waals surface area contributed by atoms with E-state index in [9.17, 15) is 9.59 Å². The van der Waals surface area contributed by atoms with Crippen LogP contribution in [0.3, 0.4) is 0 Å². The van der Waals surface area contributed by atoms with Gasteiger partial charge in [0.05, 0.1) is 5.92 Å².